The molecule has 0 spiro atoms. The first-order valence-corrected chi connectivity index (χ1v) is 10.6. The van der Waals surface area contributed by atoms with Gasteiger partial charge in [-0.15, -0.1) is 0 Å². The first kappa shape index (κ1) is 21.5. The molecule has 0 saturated carbocycles. The lowest BCUT2D eigenvalue weighted by Crippen LogP contribution is -2.33. The molecule has 8 nitrogen and oxygen atoms in total. The summed E-state index contributed by atoms with van der Waals surface area (Å²) in [6.07, 6.45) is 2.42. The first-order chi connectivity index (χ1) is 15.1. The van der Waals surface area contributed by atoms with Crippen molar-refractivity contribution in [2.45, 2.75) is 45.6 Å². The third kappa shape index (κ3) is 4.34. The van der Waals surface area contributed by atoms with Crippen LogP contribution in [0.3, 0.4) is 0 Å². The predicted octanol–water partition coefficient (Wildman–Crippen LogP) is 3.30. The zero-order chi connectivity index (χ0) is 23.0. The van der Waals surface area contributed by atoms with Crippen molar-refractivity contribution in [3.05, 3.63) is 81.4 Å². The topological polar surface area (TPSA) is 108 Å². The van der Waals surface area contributed by atoms with Crippen LogP contribution >= 0.6 is 0 Å². The average Bonchev–Trinajstić information content (AvgIpc) is 3.30. The molecule has 0 aliphatic heterocycles. The van der Waals surface area contributed by atoms with E-state index in [1.54, 1.807) is 18.7 Å². The van der Waals surface area contributed by atoms with Gasteiger partial charge < -0.3 is 15.3 Å². The Balaban J connectivity index is 1.70. The van der Waals surface area contributed by atoms with Crippen molar-refractivity contribution in [2.75, 3.05) is 0 Å². The van der Waals surface area contributed by atoms with Gasteiger partial charge in [0, 0.05) is 42.0 Å². The maximum atomic E-state index is 13.3. The van der Waals surface area contributed by atoms with Crippen LogP contribution in [0.15, 0.2) is 47.4 Å². The summed E-state index contributed by atoms with van der Waals surface area (Å²) in [6, 6.07) is 10.8. The molecule has 1 amide bonds. The van der Waals surface area contributed by atoms with Gasteiger partial charge in [0.05, 0.1) is 17.4 Å². The lowest BCUT2D eigenvalue weighted by molar-refractivity contribution is 0.0926. The number of rotatable bonds is 5. The van der Waals surface area contributed by atoms with E-state index in [0.717, 1.165) is 22.2 Å². The molecule has 0 saturated heterocycles. The molecule has 3 heterocycles. The second-order valence-corrected chi connectivity index (χ2v) is 9.13. The number of hydrogen-bond donors (Lipinski definition) is 3. The Labute approximate surface area is 186 Å². The number of fused-ring (bicyclic) bond motifs is 1. The molecule has 3 aromatic heterocycles. The summed E-state index contributed by atoms with van der Waals surface area (Å²) in [5.74, 6) is 0.237. The summed E-state index contributed by atoms with van der Waals surface area (Å²) in [6.45, 7) is 7.89. The Bertz CT molecular complexity index is 1340. The van der Waals surface area contributed by atoms with Crippen molar-refractivity contribution in [2.24, 2.45) is 7.05 Å². The molecule has 4 aromatic rings. The molecule has 0 bridgehead atoms. The Morgan fingerprint density at radius 3 is 2.66 bits per heavy atom. The first-order valence-electron chi connectivity index (χ1n) is 10.6. The van der Waals surface area contributed by atoms with E-state index in [9.17, 15) is 9.59 Å². The van der Waals surface area contributed by atoms with E-state index in [4.69, 9.17) is 0 Å². The highest BCUT2D eigenvalue weighted by Gasteiger charge is 2.25. The number of amides is 1. The van der Waals surface area contributed by atoms with E-state index >= 15 is 0 Å². The molecule has 4 rings (SSSR count). The summed E-state index contributed by atoms with van der Waals surface area (Å²) in [7, 11) is 1.76. The van der Waals surface area contributed by atoms with E-state index in [1.807, 2.05) is 36.5 Å². The van der Waals surface area contributed by atoms with Crippen molar-refractivity contribution in [1.29, 1.82) is 0 Å². The third-order valence-corrected chi connectivity index (χ3v) is 5.52. The van der Waals surface area contributed by atoms with E-state index in [-0.39, 0.29) is 16.9 Å². The molecule has 166 valence electrons. The number of nitrogens with zero attached hydrogens (tertiary/aromatic N) is 3. The molecular formula is C24H28N6O2. The third-order valence-electron chi connectivity index (χ3n) is 5.52. The number of carbonyl (C=O) groups is 1. The van der Waals surface area contributed by atoms with Crippen LogP contribution in [0.2, 0.25) is 0 Å². The van der Waals surface area contributed by atoms with E-state index in [0.29, 0.717) is 23.6 Å². The fourth-order valence-electron chi connectivity index (χ4n) is 3.81. The fraction of sp³-hybridized carbons (Fsp3) is 0.333. The molecule has 1 atom stereocenters. The monoisotopic (exact) mass is 432 g/mol. The molecule has 0 unspecified atom stereocenters. The minimum atomic E-state index is -0.490. The summed E-state index contributed by atoms with van der Waals surface area (Å²) in [4.78, 5) is 35.8. The van der Waals surface area contributed by atoms with Gasteiger partial charge in [-0.05, 0) is 24.6 Å². The second kappa shape index (κ2) is 8.11. The normalized spacial score (nSPS) is 12.8. The molecule has 0 fully saturated rings. The van der Waals surface area contributed by atoms with Crippen LogP contribution in [0.1, 0.15) is 60.1 Å². The molecule has 32 heavy (non-hydrogen) atoms. The number of carbonyl (C=O) groups excluding carboxylic acids is 1. The summed E-state index contributed by atoms with van der Waals surface area (Å²) in [5.41, 5.74) is 3.44. The Hall–Kier alpha value is -3.68. The minimum Gasteiger partial charge on any atom is -0.361 e. The van der Waals surface area contributed by atoms with Crippen LogP contribution in [0.5, 0.6) is 0 Å². The average molecular weight is 433 g/mol. The van der Waals surface area contributed by atoms with Gasteiger partial charge in [0.1, 0.15) is 11.5 Å². The largest absolute Gasteiger partial charge is 0.361 e. The van der Waals surface area contributed by atoms with E-state index in [1.165, 1.54) is 6.07 Å². The Kier molecular flexibility index (Phi) is 5.46. The van der Waals surface area contributed by atoms with Gasteiger partial charge in [0.25, 0.3) is 11.5 Å². The number of para-hydroxylation sites is 1. The van der Waals surface area contributed by atoms with Gasteiger partial charge in [-0.25, -0.2) is 4.98 Å². The highest BCUT2D eigenvalue weighted by molar-refractivity contribution is 5.93. The van der Waals surface area contributed by atoms with Crippen molar-refractivity contribution in [3.63, 3.8) is 0 Å². The summed E-state index contributed by atoms with van der Waals surface area (Å²) < 4.78 is 1.59. The van der Waals surface area contributed by atoms with Crippen molar-refractivity contribution >= 4 is 16.8 Å². The van der Waals surface area contributed by atoms with Crippen molar-refractivity contribution in [3.8, 4) is 0 Å². The maximum Gasteiger partial charge on any atom is 0.270 e. The number of aromatic amines is 2. The molecule has 8 heteroatoms. The number of hydrogen-bond acceptors (Lipinski definition) is 4. The van der Waals surface area contributed by atoms with Crippen LogP contribution in [-0.4, -0.2) is 30.6 Å². The maximum absolute atomic E-state index is 13.3. The number of aromatic nitrogens is 5. The summed E-state index contributed by atoms with van der Waals surface area (Å²) >= 11 is 0. The zero-order valence-electron chi connectivity index (χ0n) is 19.0. The molecule has 1 aromatic carbocycles. The molecule has 0 aliphatic rings. The quantitative estimate of drug-likeness (QED) is 0.450. The predicted molar refractivity (Wildman–Crippen MR) is 124 cm³/mol. The van der Waals surface area contributed by atoms with E-state index in [2.05, 4.69) is 46.1 Å². The van der Waals surface area contributed by atoms with Crippen molar-refractivity contribution in [1.82, 2.24) is 30.0 Å². The number of aryl methyl sites for hydroxylation is 2. The van der Waals surface area contributed by atoms with Gasteiger partial charge in [-0.3, -0.25) is 14.3 Å². The second-order valence-electron chi connectivity index (χ2n) is 9.13. The molecular weight excluding hydrogens is 404 g/mol. The van der Waals surface area contributed by atoms with Crippen LogP contribution < -0.4 is 10.9 Å². The van der Waals surface area contributed by atoms with Crippen LogP contribution in [0.4, 0.5) is 0 Å². The smallest absolute Gasteiger partial charge is 0.270 e. The standard InChI is InChI=1S/C24H28N6O2/c1-14-26-19(11-22(31)27-14)18(10-15-13-25-17-9-7-6-8-16(15)17)28-23(32)20-12-21(24(2,3)4)29-30(20)5/h6-9,11-13,18,25H,10H2,1-5H3,(H,28,32)(H,26,27,31)/t18-/m0/s1. The number of benzene rings is 1. The number of nitrogens with one attached hydrogen (secondary N) is 3. The fourth-order valence-corrected chi connectivity index (χ4v) is 3.81. The van der Waals surface area contributed by atoms with E-state index < -0.39 is 6.04 Å². The van der Waals surface area contributed by atoms with Gasteiger partial charge in [-0.1, -0.05) is 39.0 Å². The highest BCUT2D eigenvalue weighted by Crippen LogP contribution is 2.25. The highest BCUT2D eigenvalue weighted by atomic mass is 16.2. The zero-order valence-corrected chi connectivity index (χ0v) is 19.0. The lowest BCUT2D eigenvalue weighted by Gasteiger charge is -2.18. The SMILES string of the molecule is Cc1nc([C@H](Cc2c[nH]c3ccccc23)NC(=O)c2cc(C(C)(C)C)nn2C)cc(=O)[nH]1. The van der Waals surface area contributed by atoms with Gasteiger partial charge >= 0.3 is 0 Å². The minimum absolute atomic E-state index is 0.175. The van der Waals surface area contributed by atoms with Crippen LogP contribution in [0.25, 0.3) is 10.9 Å². The van der Waals surface area contributed by atoms with Gasteiger partial charge in [-0.2, -0.15) is 5.10 Å². The Morgan fingerprint density at radius 1 is 1.22 bits per heavy atom. The van der Waals surface area contributed by atoms with Gasteiger partial charge in [0.2, 0.25) is 0 Å². The molecule has 0 radical (unpaired) electrons. The number of H-pyrrole nitrogens is 2. The lowest BCUT2D eigenvalue weighted by atomic mass is 9.92. The summed E-state index contributed by atoms with van der Waals surface area (Å²) in [5, 5.41) is 8.66. The van der Waals surface area contributed by atoms with Crippen molar-refractivity contribution < 1.29 is 4.79 Å². The molecule has 0 aliphatic carbocycles. The molecule has 3 N–H and O–H groups in total. The van der Waals surface area contributed by atoms with Crippen LogP contribution in [-0.2, 0) is 18.9 Å². The van der Waals surface area contributed by atoms with Gasteiger partial charge in [0.15, 0.2) is 0 Å². The van der Waals surface area contributed by atoms with Crippen LogP contribution in [0, 0.1) is 6.92 Å². The Morgan fingerprint density at radius 2 is 1.97 bits per heavy atom.